The minimum atomic E-state index is 0.201. The third-order valence-corrected chi connectivity index (χ3v) is 2.18. The van der Waals surface area contributed by atoms with Crippen LogP contribution in [0.25, 0.3) is 11.4 Å². The molecule has 1 aromatic carbocycles. The van der Waals surface area contributed by atoms with E-state index >= 15 is 0 Å². The molecule has 0 fully saturated rings. The first-order chi connectivity index (χ1) is 7.20. The second-order valence-electron chi connectivity index (χ2n) is 2.97. The predicted molar refractivity (Wildman–Crippen MR) is 58.2 cm³/mol. The van der Waals surface area contributed by atoms with Crippen LogP contribution >= 0.6 is 11.6 Å². The molecule has 0 saturated heterocycles. The number of aromatic amines is 1. The molecule has 0 unspecified atom stereocenters. The normalized spacial score (nSPS) is 9.87. The first kappa shape index (κ1) is 9.56. The number of H-pyrrole nitrogens is 1. The van der Waals surface area contributed by atoms with Crippen LogP contribution in [0.5, 0.6) is 0 Å². The van der Waals surface area contributed by atoms with Gasteiger partial charge in [-0.15, -0.1) is 0 Å². The molecule has 0 atom stereocenters. The average molecular weight is 219 g/mol. The zero-order chi connectivity index (χ0) is 10.8. The fraction of sp³-hybridized carbons (Fsp3) is 0. The number of nitrogen functional groups attached to an aromatic ring is 1. The highest BCUT2D eigenvalue weighted by atomic mass is 35.5. The quantitative estimate of drug-likeness (QED) is 0.770. The van der Waals surface area contributed by atoms with Gasteiger partial charge in [-0.1, -0.05) is 23.7 Å². The number of rotatable bonds is 1. The standard InChI is InChI=1S/C10H7ClN4/c11-7-3-1-2-6(4-7)10-14-8(5-12)9(13)15-10/h1-4H,13H2,(H,14,15). The van der Waals surface area contributed by atoms with E-state index in [1.165, 1.54) is 0 Å². The van der Waals surface area contributed by atoms with Crippen molar-refractivity contribution >= 4 is 17.4 Å². The highest BCUT2D eigenvalue weighted by molar-refractivity contribution is 6.30. The van der Waals surface area contributed by atoms with Gasteiger partial charge < -0.3 is 10.7 Å². The summed E-state index contributed by atoms with van der Waals surface area (Å²) in [5, 5.41) is 9.32. The Kier molecular flexibility index (Phi) is 2.32. The van der Waals surface area contributed by atoms with Gasteiger partial charge in [0.2, 0.25) is 0 Å². The van der Waals surface area contributed by atoms with E-state index in [0.29, 0.717) is 10.8 Å². The Bertz CT molecular complexity index is 539. The summed E-state index contributed by atoms with van der Waals surface area (Å²) in [6.07, 6.45) is 0. The number of benzene rings is 1. The lowest BCUT2D eigenvalue weighted by molar-refractivity contribution is 1.29. The minimum absolute atomic E-state index is 0.201. The van der Waals surface area contributed by atoms with Crippen LogP contribution in [0.2, 0.25) is 5.02 Å². The Morgan fingerprint density at radius 3 is 2.87 bits per heavy atom. The maximum Gasteiger partial charge on any atom is 0.161 e. The molecule has 0 saturated carbocycles. The van der Waals surface area contributed by atoms with E-state index in [2.05, 4.69) is 9.97 Å². The molecule has 0 bridgehead atoms. The number of hydrogen-bond donors (Lipinski definition) is 2. The van der Waals surface area contributed by atoms with Crippen molar-refractivity contribution in [1.82, 2.24) is 9.97 Å². The van der Waals surface area contributed by atoms with Crippen LogP contribution in [0, 0.1) is 11.3 Å². The molecule has 0 amide bonds. The molecule has 1 aromatic heterocycles. The SMILES string of the molecule is N#Cc1[nH]c(-c2cccc(Cl)c2)nc1N. The van der Waals surface area contributed by atoms with E-state index in [9.17, 15) is 0 Å². The molecule has 0 radical (unpaired) electrons. The zero-order valence-corrected chi connectivity index (χ0v) is 8.42. The molecule has 0 spiro atoms. The largest absolute Gasteiger partial charge is 0.381 e. The number of nitriles is 1. The van der Waals surface area contributed by atoms with Crippen LogP contribution in [0.3, 0.4) is 0 Å². The van der Waals surface area contributed by atoms with Crippen LogP contribution < -0.4 is 5.73 Å². The molecule has 0 aliphatic heterocycles. The number of aromatic nitrogens is 2. The van der Waals surface area contributed by atoms with E-state index in [-0.39, 0.29) is 11.5 Å². The van der Waals surface area contributed by atoms with Gasteiger partial charge in [-0.3, -0.25) is 0 Å². The maximum atomic E-state index is 8.71. The Hall–Kier alpha value is -1.99. The molecule has 0 aliphatic rings. The summed E-state index contributed by atoms with van der Waals surface area (Å²) in [4.78, 5) is 6.85. The van der Waals surface area contributed by atoms with Crippen molar-refractivity contribution in [3.63, 3.8) is 0 Å². The maximum absolute atomic E-state index is 8.71. The Labute approximate surface area is 91.3 Å². The van der Waals surface area contributed by atoms with Gasteiger partial charge in [0.25, 0.3) is 0 Å². The van der Waals surface area contributed by atoms with Crippen molar-refractivity contribution in [1.29, 1.82) is 5.26 Å². The summed E-state index contributed by atoms with van der Waals surface area (Å²) < 4.78 is 0. The summed E-state index contributed by atoms with van der Waals surface area (Å²) >= 11 is 5.84. The third-order valence-electron chi connectivity index (χ3n) is 1.94. The van der Waals surface area contributed by atoms with E-state index in [0.717, 1.165) is 5.56 Å². The highest BCUT2D eigenvalue weighted by Crippen LogP contribution is 2.21. The van der Waals surface area contributed by atoms with Crippen molar-refractivity contribution < 1.29 is 0 Å². The van der Waals surface area contributed by atoms with Gasteiger partial charge in [0.05, 0.1) is 0 Å². The fourth-order valence-electron chi connectivity index (χ4n) is 1.24. The van der Waals surface area contributed by atoms with Gasteiger partial charge in [-0.25, -0.2) is 4.98 Å². The van der Waals surface area contributed by atoms with E-state index in [4.69, 9.17) is 22.6 Å². The van der Waals surface area contributed by atoms with Crippen molar-refractivity contribution in [2.24, 2.45) is 0 Å². The van der Waals surface area contributed by atoms with Gasteiger partial charge in [0.15, 0.2) is 11.5 Å². The lowest BCUT2D eigenvalue weighted by Crippen LogP contribution is -1.86. The second-order valence-corrected chi connectivity index (χ2v) is 3.40. The lowest BCUT2D eigenvalue weighted by Gasteiger charge is -1.95. The summed E-state index contributed by atoms with van der Waals surface area (Å²) in [5.41, 5.74) is 6.60. The van der Waals surface area contributed by atoms with Gasteiger partial charge in [0.1, 0.15) is 11.9 Å². The predicted octanol–water partition coefficient (Wildman–Crippen LogP) is 2.18. The Balaban J connectivity index is 2.51. The second kappa shape index (κ2) is 3.64. The summed E-state index contributed by atoms with van der Waals surface area (Å²) in [7, 11) is 0. The Morgan fingerprint density at radius 2 is 2.27 bits per heavy atom. The first-order valence-corrected chi connectivity index (χ1v) is 4.60. The number of imidazole rings is 1. The molecule has 1 heterocycles. The number of nitrogens with one attached hydrogen (secondary N) is 1. The van der Waals surface area contributed by atoms with Crippen LogP contribution in [0.4, 0.5) is 5.82 Å². The van der Waals surface area contributed by atoms with Crippen molar-refractivity contribution in [3.05, 3.63) is 35.0 Å². The van der Waals surface area contributed by atoms with E-state index in [1.54, 1.807) is 12.1 Å². The van der Waals surface area contributed by atoms with Crippen LogP contribution in [0.15, 0.2) is 24.3 Å². The molecule has 0 aliphatic carbocycles. The molecular formula is C10H7ClN4. The molecular weight excluding hydrogens is 212 g/mol. The van der Waals surface area contributed by atoms with Crippen LogP contribution in [-0.2, 0) is 0 Å². The molecule has 5 heteroatoms. The number of anilines is 1. The highest BCUT2D eigenvalue weighted by Gasteiger charge is 2.08. The van der Waals surface area contributed by atoms with E-state index in [1.807, 2.05) is 18.2 Å². The molecule has 3 N–H and O–H groups in total. The van der Waals surface area contributed by atoms with Crippen molar-refractivity contribution in [2.45, 2.75) is 0 Å². The summed E-state index contributed by atoms with van der Waals surface area (Å²) in [6.45, 7) is 0. The molecule has 74 valence electrons. The minimum Gasteiger partial charge on any atom is -0.381 e. The van der Waals surface area contributed by atoms with E-state index < -0.39 is 0 Å². The first-order valence-electron chi connectivity index (χ1n) is 4.22. The topological polar surface area (TPSA) is 78.5 Å². The average Bonchev–Trinajstić information content (AvgIpc) is 2.60. The van der Waals surface area contributed by atoms with Crippen LogP contribution in [-0.4, -0.2) is 9.97 Å². The van der Waals surface area contributed by atoms with Crippen molar-refractivity contribution in [2.75, 3.05) is 5.73 Å². The molecule has 2 rings (SSSR count). The third kappa shape index (κ3) is 1.78. The van der Waals surface area contributed by atoms with Crippen molar-refractivity contribution in [3.8, 4) is 17.5 Å². The summed E-state index contributed by atoms with van der Waals surface area (Å²) in [6, 6.07) is 9.09. The number of hydrogen-bond acceptors (Lipinski definition) is 3. The van der Waals surface area contributed by atoms with Gasteiger partial charge >= 0.3 is 0 Å². The van der Waals surface area contributed by atoms with Gasteiger partial charge in [0, 0.05) is 10.6 Å². The molecule has 2 aromatic rings. The lowest BCUT2D eigenvalue weighted by atomic mass is 10.2. The number of nitrogens with zero attached hydrogens (tertiary/aromatic N) is 2. The number of nitrogens with two attached hydrogens (primary N) is 1. The fourth-order valence-corrected chi connectivity index (χ4v) is 1.43. The van der Waals surface area contributed by atoms with Gasteiger partial charge in [-0.2, -0.15) is 5.26 Å². The number of halogens is 1. The Morgan fingerprint density at radius 1 is 1.47 bits per heavy atom. The molecule has 4 nitrogen and oxygen atoms in total. The molecule has 15 heavy (non-hydrogen) atoms. The summed E-state index contributed by atoms with van der Waals surface area (Å²) in [5.74, 6) is 0.749. The monoisotopic (exact) mass is 218 g/mol. The smallest absolute Gasteiger partial charge is 0.161 e. The zero-order valence-electron chi connectivity index (χ0n) is 7.66. The van der Waals surface area contributed by atoms with Gasteiger partial charge in [-0.05, 0) is 12.1 Å². The van der Waals surface area contributed by atoms with Crippen LogP contribution in [0.1, 0.15) is 5.69 Å².